The summed E-state index contributed by atoms with van der Waals surface area (Å²) in [6.45, 7) is 5.03. The third kappa shape index (κ3) is 2.44. The molecule has 0 aromatic heterocycles. The number of hydrogen-bond donors (Lipinski definition) is 0. The van der Waals surface area contributed by atoms with Crippen molar-refractivity contribution in [2.75, 3.05) is 14.2 Å². The molecule has 0 aliphatic heterocycles. The average Bonchev–Trinajstić information content (AvgIpc) is 2.19. The maximum atomic E-state index is 5.11. The lowest BCUT2D eigenvalue weighted by Crippen LogP contribution is -1.98. The van der Waals surface area contributed by atoms with Crippen molar-refractivity contribution >= 4 is 6.08 Å². The summed E-state index contributed by atoms with van der Waals surface area (Å²) in [7, 11) is 3.38. The first-order chi connectivity index (χ1) is 6.83. The van der Waals surface area contributed by atoms with Gasteiger partial charge in [-0.05, 0) is 16.7 Å². The summed E-state index contributed by atoms with van der Waals surface area (Å²) in [6, 6.07) is 6.09. The topological polar surface area (TPSA) is 18.5 Å². The Morgan fingerprint density at radius 3 is 2.00 bits per heavy atom. The summed E-state index contributed by atoms with van der Waals surface area (Å²) >= 11 is 0. The van der Waals surface area contributed by atoms with Crippen LogP contribution in [0.1, 0.15) is 16.7 Å². The molecule has 0 aliphatic carbocycles. The Bertz CT molecular complexity index is 281. The first-order valence-corrected chi connectivity index (χ1v) is 4.54. The fourth-order valence-electron chi connectivity index (χ4n) is 1.49. The highest BCUT2D eigenvalue weighted by Gasteiger charge is 2.04. The van der Waals surface area contributed by atoms with Crippen molar-refractivity contribution in [2.45, 2.75) is 13.2 Å². The van der Waals surface area contributed by atoms with Gasteiger partial charge in [0.1, 0.15) is 0 Å². The lowest BCUT2D eigenvalue weighted by molar-refractivity contribution is 0.179. The van der Waals surface area contributed by atoms with Gasteiger partial charge in [-0.15, -0.1) is 0 Å². The van der Waals surface area contributed by atoms with E-state index in [2.05, 4.69) is 6.58 Å². The Hall–Kier alpha value is -1.12. The van der Waals surface area contributed by atoms with E-state index in [0.29, 0.717) is 13.2 Å². The summed E-state index contributed by atoms with van der Waals surface area (Å²) in [5.41, 5.74) is 3.42. The van der Waals surface area contributed by atoms with Crippen molar-refractivity contribution in [3.8, 4) is 0 Å². The second kappa shape index (κ2) is 5.58. The van der Waals surface area contributed by atoms with Gasteiger partial charge in [0.05, 0.1) is 13.2 Å². The molecule has 0 fully saturated rings. The summed E-state index contributed by atoms with van der Waals surface area (Å²) in [6.07, 6.45) is 1.85. The van der Waals surface area contributed by atoms with Crippen LogP contribution >= 0.6 is 0 Å². The van der Waals surface area contributed by atoms with E-state index in [-0.39, 0.29) is 0 Å². The Morgan fingerprint density at radius 2 is 1.64 bits per heavy atom. The van der Waals surface area contributed by atoms with Crippen LogP contribution in [0.2, 0.25) is 0 Å². The average molecular weight is 192 g/mol. The SMILES string of the molecule is C=Cc1c(COC)cccc1COC. The van der Waals surface area contributed by atoms with E-state index < -0.39 is 0 Å². The Morgan fingerprint density at radius 1 is 1.14 bits per heavy atom. The fraction of sp³-hybridized carbons (Fsp3) is 0.333. The van der Waals surface area contributed by atoms with Gasteiger partial charge in [0.25, 0.3) is 0 Å². The largest absolute Gasteiger partial charge is 0.380 e. The van der Waals surface area contributed by atoms with Crippen LogP contribution in [0.3, 0.4) is 0 Å². The number of rotatable bonds is 5. The second-order valence-electron chi connectivity index (χ2n) is 3.06. The highest BCUT2D eigenvalue weighted by molar-refractivity contribution is 5.56. The molecule has 0 radical (unpaired) electrons. The van der Waals surface area contributed by atoms with Crippen molar-refractivity contribution < 1.29 is 9.47 Å². The van der Waals surface area contributed by atoms with Crippen LogP contribution in [0, 0.1) is 0 Å². The van der Waals surface area contributed by atoms with Crippen LogP contribution in [0.5, 0.6) is 0 Å². The van der Waals surface area contributed by atoms with Gasteiger partial charge in [-0.25, -0.2) is 0 Å². The molecule has 0 amide bonds. The molecule has 76 valence electrons. The van der Waals surface area contributed by atoms with E-state index in [1.165, 1.54) is 0 Å². The normalized spacial score (nSPS) is 10.1. The molecule has 0 N–H and O–H groups in total. The van der Waals surface area contributed by atoms with Gasteiger partial charge in [0.15, 0.2) is 0 Å². The molecule has 0 atom stereocenters. The summed E-state index contributed by atoms with van der Waals surface area (Å²) in [4.78, 5) is 0. The smallest absolute Gasteiger partial charge is 0.0718 e. The molecule has 0 bridgehead atoms. The fourth-order valence-corrected chi connectivity index (χ4v) is 1.49. The predicted molar refractivity (Wildman–Crippen MR) is 58.0 cm³/mol. The quantitative estimate of drug-likeness (QED) is 0.714. The molecule has 0 spiro atoms. The van der Waals surface area contributed by atoms with Crippen molar-refractivity contribution in [1.29, 1.82) is 0 Å². The van der Waals surface area contributed by atoms with Crippen LogP contribution in [0.25, 0.3) is 6.08 Å². The zero-order valence-electron chi connectivity index (χ0n) is 8.75. The van der Waals surface area contributed by atoms with Crippen LogP contribution in [0.4, 0.5) is 0 Å². The van der Waals surface area contributed by atoms with Crippen molar-refractivity contribution in [1.82, 2.24) is 0 Å². The molecule has 1 aromatic rings. The lowest BCUT2D eigenvalue weighted by Gasteiger charge is -2.10. The molecule has 1 rings (SSSR count). The number of ether oxygens (including phenoxy) is 2. The Kier molecular flexibility index (Phi) is 4.36. The predicted octanol–water partition coefficient (Wildman–Crippen LogP) is 2.62. The highest BCUT2D eigenvalue weighted by Crippen LogP contribution is 2.17. The second-order valence-corrected chi connectivity index (χ2v) is 3.06. The zero-order valence-corrected chi connectivity index (χ0v) is 8.75. The maximum Gasteiger partial charge on any atom is 0.0718 e. The standard InChI is InChI=1S/C12H16O2/c1-4-12-10(8-13-2)6-5-7-11(12)9-14-3/h4-7H,1,8-9H2,2-3H3. The van der Waals surface area contributed by atoms with Gasteiger partial charge in [0, 0.05) is 14.2 Å². The van der Waals surface area contributed by atoms with Crippen LogP contribution < -0.4 is 0 Å². The minimum absolute atomic E-state index is 0.610. The van der Waals surface area contributed by atoms with E-state index in [9.17, 15) is 0 Å². The third-order valence-corrected chi connectivity index (χ3v) is 2.09. The molecule has 2 heteroatoms. The summed E-state index contributed by atoms with van der Waals surface area (Å²) < 4.78 is 10.2. The number of benzene rings is 1. The monoisotopic (exact) mass is 192 g/mol. The molecule has 0 heterocycles. The summed E-state index contributed by atoms with van der Waals surface area (Å²) in [5, 5.41) is 0. The minimum Gasteiger partial charge on any atom is -0.380 e. The van der Waals surface area contributed by atoms with Gasteiger partial charge >= 0.3 is 0 Å². The Labute approximate surface area is 85.2 Å². The first kappa shape index (κ1) is 11.0. The first-order valence-electron chi connectivity index (χ1n) is 4.54. The maximum absolute atomic E-state index is 5.11. The molecule has 0 saturated carbocycles. The van der Waals surface area contributed by atoms with E-state index in [1.807, 2.05) is 24.3 Å². The van der Waals surface area contributed by atoms with E-state index in [0.717, 1.165) is 16.7 Å². The van der Waals surface area contributed by atoms with Gasteiger partial charge < -0.3 is 9.47 Å². The zero-order chi connectivity index (χ0) is 10.4. The lowest BCUT2D eigenvalue weighted by atomic mass is 10.0. The number of methoxy groups -OCH3 is 2. The van der Waals surface area contributed by atoms with Gasteiger partial charge in [-0.3, -0.25) is 0 Å². The molecule has 0 unspecified atom stereocenters. The molecular formula is C12H16O2. The van der Waals surface area contributed by atoms with Gasteiger partial charge in [0.2, 0.25) is 0 Å². The van der Waals surface area contributed by atoms with Crippen LogP contribution in [0.15, 0.2) is 24.8 Å². The third-order valence-electron chi connectivity index (χ3n) is 2.09. The molecule has 0 saturated heterocycles. The van der Waals surface area contributed by atoms with Crippen molar-refractivity contribution in [2.24, 2.45) is 0 Å². The van der Waals surface area contributed by atoms with E-state index >= 15 is 0 Å². The van der Waals surface area contributed by atoms with Crippen LogP contribution in [-0.2, 0) is 22.7 Å². The van der Waals surface area contributed by atoms with Gasteiger partial charge in [-0.2, -0.15) is 0 Å². The molecule has 2 nitrogen and oxygen atoms in total. The van der Waals surface area contributed by atoms with E-state index in [4.69, 9.17) is 9.47 Å². The van der Waals surface area contributed by atoms with Crippen molar-refractivity contribution in [3.63, 3.8) is 0 Å². The molecule has 1 aromatic carbocycles. The van der Waals surface area contributed by atoms with E-state index in [1.54, 1.807) is 14.2 Å². The molecule has 0 aliphatic rings. The van der Waals surface area contributed by atoms with Crippen LogP contribution in [-0.4, -0.2) is 14.2 Å². The highest BCUT2D eigenvalue weighted by atomic mass is 16.5. The molecular weight excluding hydrogens is 176 g/mol. The summed E-state index contributed by atoms with van der Waals surface area (Å²) in [5.74, 6) is 0. The van der Waals surface area contributed by atoms with Crippen molar-refractivity contribution in [3.05, 3.63) is 41.5 Å². The number of hydrogen-bond acceptors (Lipinski definition) is 2. The molecule has 14 heavy (non-hydrogen) atoms. The van der Waals surface area contributed by atoms with Gasteiger partial charge in [-0.1, -0.05) is 30.9 Å². The Balaban J connectivity index is 3.04. The minimum atomic E-state index is 0.610.